The lowest BCUT2D eigenvalue weighted by atomic mass is 9.94. The summed E-state index contributed by atoms with van der Waals surface area (Å²) in [4.78, 5) is 12.8. The molecule has 0 saturated carbocycles. The zero-order chi connectivity index (χ0) is 24.0. The zero-order valence-corrected chi connectivity index (χ0v) is 19.5. The lowest BCUT2D eigenvalue weighted by Crippen LogP contribution is -2.22. The molecule has 1 N–H and O–H groups in total. The number of nitrogens with one attached hydrogen (secondary N) is 1. The van der Waals surface area contributed by atoms with Crippen LogP contribution in [0, 0.1) is 6.92 Å². The maximum absolute atomic E-state index is 13.3. The molecule has 11 heteroatoms. The van der Waals surface area contributed by atoms with Crippen molar-refractivity contribution >= 4 is 38.3 Å². The molecule has 3 aromatic rings. The van der Waals surface area contributed by atoms with Gasteiger partial charge >= 0.3 is 6.18 Å². The van der Waals surface area contributed by atoms with Gasteiger partial charge in [-0.05, 0) is 61.4 Å². The summed E-state index contributed by atoms with van der Waals surface area (Å²) >= 11 is 6.39. The normalized spacial score (nSPS) is 17.8. The fourth-order valence-electron chi connectivity index (χ4n) is 4.30. The van der Waals surface area contributed by atoms with E-state index < -0.39 is 27.6 Å². The van der Waals surface area contributed by atoms with Crippen molar-refractivity contribution in [2.45, 2.75) is 44.8 Å². The van der Waals surface area contributed by atoms with Crippen LogP contribution >= 0.6 is 11.6 Å². The summed E-state index contributed by atoms with van der Waals surface area (Å²) in [5, 5.41) is 4.02. The molecule has 176 valence electrons. The van der Waals surface area contributed by atoms with Crippen LogP contribution < -0.4 is 5.32 Å². The molecular weight excluding hydrogens is 477 g/mol. The minimum absolute atomic E-state index is 0.0610. The van der Waals surface area contributed by atoms with E-state index in [1.54, 1.807) is 19.1 Å². The molecule has 0 unspecified atom stereocenters. The molecule has 1 aliphatic heterocycles. The Morgan fingerprint density at radius 1 is 1.18 bits per heavy atom. The number of aromatic nitrogens is 3. The molecule has 1 fully saturated rings. The second kappa shape index (κ2) is 8.72. The highest BCUT2D eigenvalue weighted by Gasteiger charge is 2.33. The summed E-state index contributed by atoms with van der Waals surface area (Å²) in [6, 6.07) is 5.42. The van der Waals surface area contributed by atoms with Crippen LogP contribution in [0.15, 0.2) is 30.6 Å². The molecule has 1 saturated heterocycles. The Bertz CT molecular complexity index is 1300. The van der Waals surface area contributed by atoms with E-state index in [4.69, 9.17) is 11.6 Å². The van der Waals surface area contributed by atoms with Crippen LogP contribution in [0.25, 0.3) is 11.0 Å². The number of sulfone groups is 1. The monoisotopic (exact) mass is 498 g/mol. The van der Waals surface area contributed by atoms with Gasteiger partial charge in [-0.2, -0.15) is 13.2 Å². The number of anilines is 1. The van der Waals surface area contributed by atoms with Crippen LogP contribution in [0.3, 0.4) is 0 Å². The number of hydrogen-bond donors (Lipinski definition) is 1. The van der Waals surface area contributed by atoms with E-state index in [1.807, 2.05) is 0 Å². The predicted octanol–water partition coefficient (Wildman–Crippen LogP) is 5.47. The third-order valence-electron chi connectivity index (χ3n) is 6.10. The maximum atomic E-state index is 13.3. The zero-order valence-electron chi connectivity index (χ0n) is 17.9. The second-order valence-corrected chi connectivity index (χ2v) is 10.9. The Morgan fingerprint density at radius 2 is 1.88 bits per heavy atom. The third-order valence-corrected chi connectivity index (χ3v) is 8.12. The number of rotatable bonds is 4. The SMILES string of the molecule is Cc1c([C@@H](C)Nc2ncnc3nc(Cl)c(C4CCS(=O)(=O)CC4)cc23)cccc1C(F)(F)F. The lowest BCUT2D eigenvalue weighted by Gasteiger charge is -2.24. The van der Waals surface area contributed by atoms with Crippen molar-refractivity contribution in [2.75, 3.05) is 16.8 Å². The molecule has 3 heterocycles. The summed E-state index contributed by atoms with van der Waals surface area (Å²) in [7, 11) is -3.03. The summed E-state index contributed by atoms with van der Waals surface area (Å²) < 4.78 is 63.6. The predicted molar refractivity (Wildman–Crippen MR) is 121 cm³/mol. The molecule has 1 aliphatic rings. The van der Waals surface area contributed by atoms with Crippen molar-refractivity contribution in [1.29, 1.82) is 0 Å². The smallest absolute Gasteiger partial charge is 0.363 e. The highest BCUT2D eigenvalue weighted by atomic mass is 35.5. The van der Waals surface area contributed by atoms with Gasteiger partial charge in [-0.3, -0.25) is 0 Å². The summed E-state index contributed by atoms with van der Waals surface area (Å²) in [6.07, 6.45) is -2.23. The van der Waals surface area contributed by atoms with Crippen molar-refractivity contribution in [3.05, 3.63) is 58.0 Å². The first-order valence-electron chi connectivity index (χ1n) is 10.4. The van der Waals surface area contributed by atoms with E-state index in [2.05, 4.69) is 20.3 Å². The van der Waals surface area contributed by atoms with Gasteiger partial charge in [0, 0.05) is 0 Å². The minimum Gasteiger partial charge on any atom is -0.363 e. The van der Waals surface area contributed by atoms with Crippen molar-refractivity contribution in [3.63, 3.8) is 0 Å². The number of nitrogens with zero attached hydrogens (tertiary/aromatic N) is 3. The summed E-state index contributed by atoms with van der Waals surface area (Å²) in [5.41, 5.74) is 1.03. The van der Waals surface area contributed by atoms with Crippen molar-refractivity contribution in [3.8, 4) is 0 Å². The Morgan fingerprint density at radius 3 is 2.55 bits per heavy atom. The van der Waals surface area contributed by atoms with Gasteiger partial charge in [0.25, 0.3) is 0 Å². The van der Waals surface area contributed by atoms with Crippen molar-refractivity contribution in [2.24, 2.45) is 0 Å². The van der Waals surface area contributed by atoms with E-state index >= 15 is 0 Å². The van der Waals surface area contributed by atoms with Gasteiger partial charge < -0.3 is 5.32 Å². The topological polar surface area (TPSA) is 84.8 Å². The molecule has 0 spiro atoms. The van der Waals surface area contributed by atoms with E-state index in [-0.39, 0.29) is 28.1 Å². The molecule has 33 heavy (non-hydrogen) atoms. The highest BCUT2D eigenvalue weighted by molar-refractivity contribution is 7.91. The number of benzene rings is 1. The fraction of sp³-hybridized carbons (Fsp3) is 0.409. The number of fused-ring (bicyclic) bond motifs is 1. The Kier molecular flexibility index (Phi) is 6.26. The molecule has 1 aromatic carbocycles. The lowest BCUT2D eigenvalue weighted by molar-refractivity contribution is -0.138. The number of pyridine rings is 1. The number of hydrogen-bond acceptors (Lipinski definition) is 6. The van der Waals surface area contributed by atoms with Gasteiger partial charge in [0.1, 0.15) is 27.1 Å². The quantitative estimate of drug-likeness (QED) is 0.480. The first-order chi connectivity index (χ1) is 15.5. The van der Waals surface area contributed by atoms with Gasteiger partial charge in [-0.15, -0.1) is 0 Å². The summed E-state index contributed by atoms with van der Waals surface area (Å²) in [6.45, 7) is 3.21. The van der Waals surface area contributed by atoms with E-state index in [1.165, 1.54) is 19.3 Å². The van der Waals surface area contributed by atoms with Crippen LogP contribution in [0.2, 0.25) is 5.15 Å². The van der Waals surface area contributed by atoms with Crippen LogP contribution in [0.1, 0.15) is 54.0 Å². The molecule has 2 aromatic heterocycles. The molecule has 0 radical (unpaired) electrons. The number of halogens is 4. The van der Waals surface area contributed by atoms with Crippen LogP contribution in [0.4, 0.5) is 19.0 Å². The molecule has 0 amide bonds. The molecular formula is C22H22ClF3N4O2S. The molecule has 0 bridgehead atoms. The first-order valence-corrected chi connectivity index (χ1v) is 12.6. The fourth-order valence-corrected chi connectivity index (χ4v) is 6.08. The van der Waals surface area contributed by atoms with Gasteiger partial charge in [0.2, 0.25) is 0 Å². The minimum atomic E-state index is -4.44. The van der Waals surface area contributed by atoms with Gasteiger partial charge in [0.05, 0.1) is 28.5 Å². The van der Waals surface area contributed by atoms with Crippen molar-refractivity contribution < 1.29 is 21.6 Å². The summed E-state index contributed by atoms with van der Waals surface area (Å²) in [5.74, 6) is 0.537. The average Bonchev–Trinajstić information content (AvgIpc) is 2.73. The Labute approximate surface area is 194 Å². The van der Waals surface area contributed by atoms with Gasteiger partial charge in [-0.25, -0.2) is 23.4 Å². The standard InChI is InChI=1S/C22H22ClF3N4O2S/c1-12-15(4-3-5-18(12)22(24,25)26)13(2)29-20-17-10-16(14-6-8-33(31,32)9-7-14)19(23)30-21(17)28-11-27-20/h3-5,10-11,13-14H,6-9H2,1-2H3,(H,27,28,29,30)/t13-/m1/s1. The van der Waals surface area contributed by atoms with E-state index in [0.29, 0.717) is 35.3 Å². The van der Waals surface area contributed by atoms with Crippen LogP contribution in [0.5, 0.6) is 0 Å². The second-order valence-electron chi connectivity index (χ2n) is 8.27. The third kappa shape index (κ3) is 4.91. The molecule has 0 aliphatic carbocycles. The molecule has 4 rings (SSSR count). The first kappa shape index (κ1) is 23.7. The molecule has 1 atom stereocenters. The largest absolute Gasteiger partial charge is 0.416 e. The maximum Gasteiger partial charge on any atom is 0.416 e. The van der Waals surface area contributed by atoms with Crippen LogP contribution in [-0.2, 0) is 16.0 Å². The van der Waals surface area contributed by atoms with Gasteiger partial charge in [-0.1, -0.05) is 23.7 Å². The Balaban J connectivity index is 1.69. The molecule has 6 nitrogen and oxygen atoms in total. The highest BCUT2D eigenvalue weighted by Crippen LogP contribution is 2.37. The van der Waals surface area contributed by atoms with E-state index in [9.17, 15) is 21.6 Å². The van der Waals surface area contributed by atoms with Crippen LogP contribution in [-0.4, -0.2) is 34.9 Å². The Hall–Kier alpha value is -2.46. The van der Waals surface area contributed by atoms with Gasteiger partial charge in [0.15, 0.2) is 5.65 Å². The average molecular weight is 499 g/mol. The number of alkyl halides is 3. The van der Waals surface area contributed by atoms with E-state index in [0.717, 1.165) is 11.6 Å². The van der Waals surface area contributed by atoms with Crippen molar-refractivity contribution in [1.82, 2.24) is 15.0 Å².